The van der Waals surface area contributed by atoms with Crippen molar-refractivity contribution in [2.24, 2.45) is 4.99 Å². The minimum absolute atomic E-state index is 0.267. The van der Waals surface area contributed by atoms with Gasteiger partial charge in [0, 0.05) is 5.56 Å². The summed E-state index contributed by atoms with van der Waals surface area (Å²) in [5.41, 5.74) is 1.99. The molecule has 0 N–H and O–H groups in total. The number of nitrogens with zero attached hydrogens (tertiary/aromatic N) is 1. The molecule has 0 saturated carbocycles. The van der Waals surface area contributed by atoms with Gasteiger partial charge in [0.1, 0.15) is 5.04 Å². The molecule has 0 radical (unpaired) electrons. The molecule has 94 valence electrons. The number of rotatable bonds is 3. The molecule has 0 fully saturated rings. The molecular weight excluding hydrogens is 250 g/mol. The number of carbonyl (C=O) groups excluding carboxylic acids is 2. The topological polar surface area (TPSA) is 55.7 Å². The van der Waals surface area contributed by atoms with Gasteiger partial charge >= 0.3 is 5.97 Å². The van der Waals surface area contributed by atoms with Crippen molar-refractivity contribution in [1.82, 2.24) is 0 Å². The van der Waals surface area contributed by atoms with Crippen LogP contribution in [0.25, 0.3) is 0 Å². The zero-order valence-electron chi connectivity index (χ0n) is 10.2. The van der Waals surface area contributed by atoms with Crippen LogP contribution in [0.4, 0.5) is 0 Å². The minimum atomic E-state index is -0.846. The molecule has 0 saturated heterocycles. The van der Waals surface area contributed by atoms with E-state index in [-0.39, 0.29) is 6.61 Å². The Morgan fingerprint density at radius 2 is 2.06 bits per heavy atom. The molecule has 0 aliphatic carbocycles. The maximum Gasteiger partial charge on any atom is 0.329 e. The smallest absolute Gasteiger partial charge is 0.329 e. The summed E-state index contributed by atoms with van der Waals surface area (Å²) < 4.78 is 4.85. The van der Waals surface area contributed by atoms with Crippen LogP contribution in [0.1, 0.15) is 18.1 Å². The minimum Gasteiger partial charge on any atom is -0.465 e. The first-order valence-corrected chi connectivity index (χ1v) is 6.52. The lowest BCUT2D eigenvalue weighted by Crippen LogP contribution is -2.25. The number of amides is 1. The number of ether oxygens (including phenoxy) is 1. The summed E-state index contributed by atoms with van der Waals surface area (Å²) in [6, 6.07) is 7.67. The second-order valence-electron chi connectivity index (χ2n) is 3.87. The van der Waals surface area contributed by atoms with Crippen molar-refractivity contribution in [1.29, 1.82) is 0 Å². The monoisotopic (exact) mass is 263 g/mol. The number of hydrogen-bond acceptors (Lipinski definition) is 4. The number of aliphatic imine (C=N–C) groups is 1. The number of hydrogen-bond donors (Lipinski definition) is 0. The molecule has 0 aromatic heterocycles. The third-order valence-electron chi connectivity index (χ3n) is 2.46. The number of carbonyl (C=O) groups is 2. The molecule has 18 heavy (non-hydrogen) atoms. The summed E-state index contributed by atoms with van der Waals surface area (Å²) in [6.45, 7) is 3.97. The van der Waals surface area contributed by atoms with Crippen LogP contribution in [-0.2, 0) is 14.3 Å². The first-order valence-electron chi connectivity index (χ1n) is 5.64. The highest BCUT2D eigenvalue weighted by atomic mass is 32.2. The van der Waals surface area contributed by atoms with Gasteiger partial charge in [-0.3, -0.25) is 9.59 Å². The second kappa shape index (κ2) is 5.35. The van der Waals surface area contributed by atoms with Gasteiger partial charge in [0.25, 0.3) is 5.91 Å². The second-order valence-corrected chi connectivity index (χ2v) is 4.96. The Morgan fingerprint density at radius 1 is 1.39 bits per heavy atom. The van der Waals surface area contributed by atoms with Gasteiger partial charge in [-0.2, -0.15) is 0 Å². The van der Waals surface area contributed by atoms with E-state index in [2.05, 4.69) is 4.99 Å². The molecule has 1 heterocycles. The van der Waals surface area contributed by atoms with Crippen LogP contribution in [-0.4, -0.2) is 28.8 Å². The van der Waals surface area contributed by atoms with E-state index in [0.29, 0.717) is 5.04 Å². The van der Waals surface area contributed by atoms with E-state index < -0.39 is 17.1 Å². The average molecular weight is 263 g/mol. The molecule has 1 aliphatic rings. The zero-order chi connectivity index (χ0) is 13.1. The fraction of sp³-hybridized carbons (Fsp3) is 0.308. The highest BCUT2D eigenvalue weighted by molar-refractivity contribution is 8.16. The Balaban J connectivity index is 2.14. The summed E-state index contributed by atoms with van der Waals surface area (Å²) in [5, 5.41) is -0.265. The van der Waals surface area contributed by atoms with E-state index in [9.17, 15) is 9.59 Å². The first-order chi connectivity index (χ1) is 8.61. The van der Waals surface area contributed by atoms with Crippen LogP contribution >= 0.6 is 11.8 Å². The summed E-state index contributed by atoms with van der Waals surface area (Å²) >= 11 is 1.15. The maximum atomic E-state index is 11.6. The molecule has 1 amide bonds. The Labute approximate surface area is 109 Å². The number of aryl methyl sites for hydroxylation is 1. The van der Waals surface area contributed by atoms with Gasteiger partial charge in [0.2, 0.25) is 0 Å². The van der Waals surface area contributed by atoms with Crippen molar-refractivity contribution in [3.63, 3.8) is 0 Å². The maximum absolute atomic E-state index is 11.6. The Kier molecular flexibility index (Phi) is 3.81. The van der Waals surface area contributed by atoms with Gasteiger partial charge in [-0.25, -0.2) is 4.99 Å². The van der Waals surface area contributed by atoms with Crippen LogP contribution < -0.4 is 0 Å². The van der Waals surface area contributed by atoms with E-state index in [1.165, 1.54) is 0 Å². The molecule has 1 aromatic carbocycles. The van der Waals surface area contributed by atoms with Gasteiger partial charge < -0.3 is 4.74 Å². The van der Waals surface area contributed by atoms with Gasteiger partial charge in [-0.15, -0.1) is 0 Å². The lowest BCUT2D eigenvalue weighted by Gasteiger charge is -2.06. The van der Waals surface area contributed by atoms with Crippen molar-refractivity contribution in [2.45, 2.75) is 19.1 Å². The molecule has 0 spiro atoms. The zero-order valence-corrected chi connectivity index (χ0v) is 11.0. The van der Waals surface area contributed by atoms with E-state index in [1.54, 1.807) is 6.92 Å². The van der Waals surface area contributed by atoms with Gasteiger partial charge in [0.05, 0.1) is 6.61 Å². The number of esters is 1. The standard InChI is InChI=1S/C13H13NO3S/c1-3-17-13(16)10-11(15)14-12(18-10)9-6-4-8(2)5-7-9/h4-7,10H,3H2,1-2H3. The summed E-state index contributed by atoms with van der Waals surface area (Å²) in [7, 11) is 0. The summed E-state index contributed by atoms with van der Waals surface area (Å²) in [4.78, 5) is 27.1. The predicted octanol–water partition coefficient (Wildman–Crippen LogP) is 1.95. The molecule has 1 aromatic rings. The summed E-state index contributed by atoms with van der Waals surface area (Å²) in [6.07, 6.45) is 0. The van der Waals surface area contributed by atoms with Crippen LogP contribution in [0, 0.1) is 6.92 Å². The molecular formula is C13H13NO3S. The Bertz CT molecular complexity index is 507. The van der Waals surface area contributed by atoms with E-state index >= 15 is 0 Å². The lowest BCUT2D eigenvalue weighted by atomic mass is 10.2. The SMILES string of the molecule is CCOC(=O)C1SC(c2ccc(C)cc2)=NC1=O. The van der Waals surface area contributed by atoms with Crippen LogP contribution in [0.3, 0.4) is 0 Å². The van der Waals surface area contributed by atoms with Crippen molar-refractivity contribution in [3.05, 3.63) is 35.4 Å². The highest BCUT2D eigenvalue weighted by Crippen LogP contribution is 2.27. The van der Waals surface area contributed by atoms with E-state index in [4.69, 9.17) is 4.74 Å². The molecule has 5 heteroatoms. The van der Waals surface area contributed by atoms with Gasteiger partial charge in [-0.05, 0) is 13.8 Å². The first kappa shape index (κ1) is 12.8. The molecule has 4 nitrogen and oxygen atoms in total. The molecule has 1 atom stereocenters. The van der Waals surface area contributed by atoms with Crippen molar-refractivity contribution < 1.29 is 14.3 Å². The predicted molar refractivity (Wildman–Crippen MR) is 70.7 cm³/mol. The fourth-order valence-corrected chi connectivity index (χ4v) is 2.50. The molecule has 2 rings (SSSR count). The normalized spacial score (nSPS) is 18.7. The molecule has 1 unspecified atom stereocenters. The van der Waals surface area contributed by atoms with Crippen molar-refractivity contribution in [3.8, 4) is 0 Å². The van der Waals surface area contributed by atoms with Crippen LogP contribution in [0.2, 0.25) is 0 Å². The lowest BCUT2D eigenvalue weighted by molar-refractivity contribution is -0.144. The largest absolute Gasteiger partial charge is 0.465 e. The fourth-order valence-electron chi connectivity index (χ4n) is 1.54. The van der Waals surface area contributed by atoms with Gasteiger partial charge in [-0.1, -0.05) is 41.6 Å². The highest BCUT2D eigenvalue weighted by Gasteiger charge is 2.36. The third kappa shape index (κ3) is 2.61. The van der Waals surface area contributed by atoms with Crippen molar-refractivity contribution in [2.75, 3.05) is 6.61 Å². The molecule has 1 aliphatic heterocycles. The quantitative estimate of drug-likeness (QED) is 0.618. The van der Waals surface area contributed by atoms with E-state index in [0.717, 1.165) is 22.9 Å². The van der Waals surface area contributed by atoms with E-state index in [1.807, 2.05) is 31.2 Å². The van der Waals surface area contributed by atoms with Gasteiger partial charge in [0.15, 0.2) is 5.25 Å². The van der Waals surface area contributed by atoms with Crippen LogP contribution in [0.5, 0.6) is 0 Å². The summed E-state index contributed by atoms with van der Waals surface area (Å²) in [5.74, 6) is -0.951. The number of benzene rings is 1. The third-order valence-corrected chi connectivity index (χ3v) is 3.64. The average Bonchev–Trinajstić information content (AvgIpc) is 2.72. The molecule has 0 bridgehead atoms. The number of thioether (sulfide) groups is 1. The van der Waals surface area contributed by atoms with Crippen molar-refractivity contribution >= 4 is 28.7 Å². The van der Waals surface area contributed by atoms with Crippen LogP contribution in [0.15, 0.2) is 29.3 Å². The Hall–Kier alpha value is -1.62. The Morgan fingerprint density at radius 3 is 2.67 bits per heavy atom.